The maximum Gasteiger partial charge on any atom is 0.123 e. The summed E-state index contributed by atoms with van der Waals surface area (Å²) in [5.74, 6) is 0.909. The van der Waals surface area contributed by atoms with E-state index in [9.17, 15) is 0 Å². The summed E-state index contributed by atoms with van der Waals surface area (Å²) < 4.78 is 5.19. The van der Waals surface area contributed by atoms with E-state index in [2.05, 4.69) is 11.0 Å². The number of hydrogen-bond donors (Lipinski definition) is 0. The summed E-state index contributed by atoms with van der Waals surface area (Å²) in [6, 6.07) is 8.77. The van der Waals surface area contributed by atoms with Crippen LogP contribution in [0.4, 0.5) is 0 Å². The second-order valence-electron chi connectivity index (χ2n) is 2.98. The molecule has 65 valence electrons. The zero-order valence-corrected chi connectivity index (χ0v) is 7.79. The Hall–Kier alpha value is -1.02. The molecule has 0 aromatic heterocycles. The molecule has 0 spiro atoms. The maximum absolute atomic E-state index is 5.19. The van der Waals surface area contributed by atoms with E-state index in [1.165, 1.54) is 5.56 Å². The van der Waals surface area contributed by atoms with Crippen LogP contribution in [0.3, 0.4) is 0 Å². The molecular formula is C10H14NO. The lowest BCUT2D eigenvalue weighted by Crippen LogP contribution is -2.11. The lowest BCUT2D eigenvalue weighted by molar-refractivity contribution is 0.372. The minimum absolute atomic E-state index is 0.901. The van der Waals surface area contributed by atoms with Gasteiger partial charge in [-0.25, -0.2) is 0 Å². The summed E-state index contributed by atoms with van der Waals surface area (Å²) >= 11 is 0. The standard InChI is InChI=1S/C10H14NO/c1-11(2)8-9-6-4-5-7-10(9)12-3/h4,6-7H,8H2,1-3H3. The average Bonchev–Trinajstić information content (AvgIpc) is 2.04. The second kappa shape index (κ2) is 4.12. The number of ether oxygens (including phenoxy) is 1. The molecule has 0 aliphatic rings. The summed E-state index contributed by atoms with van der Waals surface area (Å²) in [4.78, 5) is 2.11. The van der Waals surface area contributed by atoms with Crippen molar-refractivity contribution in [3.05, 3.63) is 29.8 Å². The Balaban J connectivity index is 2.82. The van der Waals surface area contributed by atoms with E-state index in [0.717, 1.165) is 12.3 Å². The highest BCUT2D eigenvalue weighted by Gasteiger charge is 2.01. The fourth-order valence-electron chi connectivity index (χ4n) is 1.11. The predicted molar refractivity (Wildman–Crippen MR) is 49.2 cm³/mol. The SMILES string of the molecule is COc1c[c]ccc1CN(C)C. The Morgan fingerprint density at radius 2 is 2.25 bits per heavy atom. The van der Waals surface area contributed by atoms with Crippen LogP contribution < -0.4 is 4.74 Å². The Kier molecular flexibility index (Phi) is 3.11. The zero-order valence-electron chi connectivity index (χ0n) is 7.79. The minimum Gasteiger partial charge on any atom is -0.496 e. The summed E-state index contributed by atoms with van der Waals surface area (Å²) in [5.41, 5.74) is 1.20. The molecule has 1 aromatic rings. The predicted octanol–water partition coefficient (Wildman–Crippen LogP) is 1.56. The van der Waals surface area contributed by atoms with Gasteiger partial charge in [0, 0.05) is 12.1 Å². The molecule has 1 radical (unpaired) electrons. The van der Waals surface area contributed by atoms with Gasteiger partial charge in [-0.2, -0.15) is 0 Å². The van der Waals surface area contributed by atoms with Crippen molar-refractivity contribution in [3.63, 3.8) is 0 Å². The lowest BCUT2D eigenvalue weighted by Gasteiger charge is -2.12. The molecule has 0 atom stereocenters. The molecule has 1 aromatic carbocycles. The first-order valence-corrected chi connectivity index (χ1v) is 3.91. The molecule has 0 aliphatic carbocycles. The van der Waals surface area contributed by atoms with E-state index in [4.69, 9.17) is 4.74 Å². The fraction of sp³-hybridized carbons (Fsp3) is 0.400. The summed E-state index contributed by atoms with van der Waals surface area (Å²) in [6.07, 6.45) is 0. The van der Waals surface area contributed by atoms with E-state index >= 15 is 0 Å². The van der Waals surface area contributed by atoms with E-state index in [1.54, 1.807) is 7.11 Å². The van der Waals surface area contributed by atoms with E-state index in [1.807, 2.05) is 32.3 Å². The zero-order chi connectivity index (χ0) is 8.97. The van der Waals surface area contributed by atoms with Gasteiger partial charge in [-0.15, -0.1) is 0 Å². The summed E-state index contributed by atoms with van der Waals surface area (Å²) in [6.45, 7) is 0.901. The topological polar surface area (TPSA) is 12.5 Å². The van der Waals surface area contributed by atoms with Crippen molar-refractivity contribution in [1.82, 2.24) is 4.90 Å². The van der Waals surface area contributed by atoms with Gasteiger partial charge in [0.15, 0.2) is 0 Å². The number of hydrogen-bond acceptors (Lipinski definition) is 2. The van der Waals surface area contributed by atoms with Crippen LogP contribution in [-0.2, 0) is 6.54 Å². The van der Waals surface area contributed by atoms with Crippen LogP contribution in [0.2, 0.25) is 0 Å². The van der Waals surface area contributed by atoms with Gasteiger partial charge in [0.2, 0.25) is 0 Å². The molecule has 12 heavy (non-hydrogen) atoms. The van der Waals surface area contributed by atoms with E-state index in [-0.39, 0.29) is 0 Å². The Morgan fingerprint density at radius 1 is 1.50 bits per heavy atom. The van der Waals surface area contributed by atoms with Gasteiger partial charge in [0.1, 0.15) is 5.75 Å². The number of benzene rings is 1. The van der Waals surface area contributed by atoms with Crippen LogP contribution in [-0.4, -0.2) is 26.1 Å². The van der Waals surface area contributed by atoms with Crippen LogP contribution in [0.15, 0.2) is 18.2 Å². The molecule has 0 saturated heterocycles. The number of rotatable bonds is 3. The maximum atomic E-state index is 5.19. The van der Waals surface area contributed by atoms with Crippen molar-refractivity contribution in [3.8, 4) is 5.75 Å². The number of nitrogens with zero attached hydrogens (tertiary/aromatic N) is 1. The first-order chi connectivity index (χ1) is 5.74. The van der Waals surface area contributed by atoms with Crippen LogP contribution in [0, 0.1) is 6.07 Å². The first kappa shape index (κ1) is 9.07. The van der Waals surface area contributed by atoms with Crippen molar-refractivity contribution in [2.75, 3.05) is 21.2 Å². The molecule has 0 amide bonds. The van der Waals surface area contributed by atoms with Crippen molar-refractivity contribution in [2.45, 2.75) is 6.54 Å². The van der Waals surface area contributed by atoms with Crippen LogP contribution >= 0.6 is 0 Å². The lowest BCUT2D eigenvalue weighted by atomic mass is 10.2. The monoisotopic (exact) mass is 164 g/mol. The van der Waals surface area contributed by atoms with Gasteiger partial charge in [0.25, 0.3) is 0 Å². The molecule has 0 fully saturated rings. The van der Waals surface area contributed by atoms with Gasteiger partial charge in [-0.3, -0.25) is 0 Å². The molecule has 0 heterocycles. The third kappa shape index (κ3) is 2.24. The minimum atomic E-state index is 0.901. The summed E-state index contributed by atoms with van der Waals surface area (Å²) in [7, 11) is 5.76. The normalized spacial score (nSPS) is 10.3. The van der Waals surface area contributed by atoms with Crippen molar-refractivity contribution in [2.24, 2.45) is 0 Å². The molecule has 2 nitrogen and oxygen atoms in total. The highest BCUT2D eigenvalue weighted by molar-refractivity contribution is 5.32. The van der Waals surface area contributed by atoms with Gasteiger partial charge in [-0.1, -0.05) is 12.1 Å². The molecular weight excluding hydrogens is 150 g/mol. The van der Waals surface area contributed by atoms with Gasteiger partial charge >= 0.3 is 0 Å². The van der Waals surface area contributed by atoms with Crippen LogP contribution in [0.1, 0.15) is 5.56 Å². The van der Waals surface area contributed by atoms with E-state index < -0.39 is 0 Å². The Morgan fingerprint density at radius 3 is 2.83 bits per heavy atom. The highest BCUT2D eigenvalue weighted by Crippen LogP contribution is 2.17. The van der Waals surface area contributed by atoms with Gasteiger partial charge in [0.05, 0.1) is 7.11 Å². The number of methoxy groups -OCH3 is 1. The van der Waals surface area contributed by atoms with Gasteiger partial charge < -0.3 is 9.64 Å². The highest BCUT2D eigenvalue weighted by atomic mass is 16.5. The Bertz CT molecular complexity index is 245. The quantitative estimate of drug-likeness (QED) is 0.672. The van der Waals surface area contributed by atoms with E-state index in [0.29, 0.717) is 0 Å². The Labute approximate surface area is 73.8 Å². The first-order valence-electron chi connectivity index (χ1n) is 3.91. The van der Waals surface area contributed by atoms with Crippen LogP contribution in [0.5, 0.6) is 5.75 Å². The molecule has 2 heteroatoms. The third-order valence-corrected chi connectivity index (χ3v) is 1.62. The van der Waals surface area contributed by atoms with Crippen molar-refractivity contribution >= 4 is 0 Å². The fourth-order valence-corrected chi connectivity index (χ4v) is 1.11. The van der Waals surface area contributed by atoms with Gasteiger partial charge in [-0.05, 0) is 26.2 Å². The molecule has 0 N–H and O–H groups in total. The smallest absolute Gasteiger partial charge is 0.123 e. The molecule has 0 aliphatic heterocycles. The molecule has 0 saturated carbocycles. The van der Waals surface area contributed by atoms with Crippen LogP contribution in [0.25, 0.3) is 0 Å². The van der Waals surface area contributed by atoms with Crippen molar-refractivity contribution in [1.29, 1.82) is 0 Å². The third-order valence-electron chi connectivity index (χ3n) is 1.62. The second-order valence-corrected chi connectivity index (χ2v) is 2.98. The summed E-state index contributed by atoms with van der Waals surface area (Å²) in [5, 5.41) is 0. The average molecular weight is 164 g/mol. The molecule has 1 rings (SSSR count). The van der Waals surface area contributed by atoms with Crippen molar-refractivity contribution < 1.29 is 4.74 Å². The molecule has 0 bridgehead atoms. The largest absolute Gasteiger partial charge is 0.496 e. The molecule has 0 unspecified atom stereocenters.